The Balaban J connectivity index is 4.98. The van der Waals surface area contributed by atoms with Crippen molar-refractivity contribution in [2.24, 2.45) is 0 Å². The van der Waals surface area contributed by atoms with Crippen molar-refractivity contribution < 1.29 is 32.0 Å². The van der Waals surface area contributed by atoms with E-state index in [4.69, 9.17) is 5.11 Å². The highest BCUT2D eigenvalue weighted by molar-refractivity contribution is 7.99. The lowest BCUT2D eigenvalue weighted by Gasteiger charge is -2.28. The van der Waals surface area contributed by atoms with E-state index in [0.717, 1.165) is 0 Å². The van der Waals surface area contributed by atoms with Crippen molar-refractivity contribution >= 4 is 17.7 Å². The summed E-state index contributed by atoms with van der Waals surface area (Å²) in [5.74, 6) is -13.8. The number of halogens is 5. The van der Waals surface area contributed by atoms with Crippen LogP contribution in [0.2, 0.25) is 0 Å². The molecule has 0 aliphatic heterocycles. The molecule has 0 aliphatic rings. The zero-order valence-electron chi connectivity index (χ0n) is 7.51. The Labute approximate surface area is 86.1 Å². The molecule has 1 unspecified atom stereocenters. The van der Waals surface area contributed by atoms with Gasteiger partial charge < -0.3 is 5.11 Å². The zero-order valence-corrected chi connectivity index (χ0v) is 8.33. The minimum Gasteiger partial charge on any atom is -0.478 e. The van der Waals surface area contributed by atoms with Gasteiger partial charge >= 0.3 is 17.7 Å². The van der Waals surface area contributed by atoms with Gasteiger partial charge in [-0.05, 0) is 5.75 Å². The van der Waals surface area contributed by atoms with Crippen molar-refractivity contribution in [3.63, 3.8) is 0 Å². The van der Waals surface area contributed by atoms with Crippen LogP contribution in [0.15, 0.2) is 0 Å². The number of carbonyl (C=O) groups is 1. The zero-order chi connectivity index (χ0) is 12.3. The summed E-state index contributed by atoms with van der Waals surface area (Å²) in [5.41, 5.74) is 0. The van der Waals surface area contributed by atoms with Gasteiger partial charge in [0.25, 0.3) is 0 Å². The number of carboxylic acids is 1. The van der Waals surface area contributed by atoms with E-state index in [1.165, 1.54) is 6.92 Å². The summed E-state index contributed by atoms with van der Waals surface area (Å²) >= 11 is 0.463. The molecule has 9 heteroatoms. The number of hydrogen-bond donors (Lipinski definition) is 1. The second-order valence-electron chi connectivity index (χ2n) is 2.50. The summed E-state index contributed by atoms with van der Waals surface area (Å²) in [4.78, 5) is 10.1. The molecular weight excluding hydrogens is 245 g/mol. The van der Waals surface area contributed by atoms with Gasteiger partial charge in [-0.3, -0.25) is 0 Å². The number of aliphatic carboxylic acids is 1. The molecule has 0 heterocycles. The first-order valence-electron chi connectivity index (χ1n) is 3.69. The smallest absolute Gasteiger partial charge is 0.379 e. The summed E-state index contributed by atoms with van der Waals surface area (Å²) < 4.78 is 62.4. The number of carboxylic acid groups (broad SMARTS) is 1. The van der Waals surface area contributed by atoms with E-state index in [1.54, 1.807) is 0 Å². The van der Waals surface area contributed by atoms with Crippen molar-refractivity contribution in [1.29, 1.82) is 0 Å². The second-order valence-corrected chi connectivity index (χ2v) is 3.78. The number of hydrogen-bond acceptors (Lipinski definition) is 3. The van der Waals surface area contributed by atoms with Gasteiger partial charge in [-0.25, -0.2) is 9.18 Å². The topological polar surface area (TPSA) is 40.5 Å². The van der Waals surface area contributed by atoms with Gasteiger partial charge in [-0.2, -0.15) is 20.5 Å². The highest BCUT2D eigenvalue weighted by atomic mass is 32.2. The largest absolute Gasteiger partial charge is 0.478 e. The predicted molar refractivity (Wildman–Crippen MR) is 43.5 cm³/mol. The molecule has 0 aromatic carbocycles. The Bertz CT molecular complexity index is 240. The molecule has 0 aromatic heterocycles. The summed E-state index contributed by atoms with van der Waals surface area (Å²) in [6.07, 6.45) is 0. The molecule has 0 amide bonds. The van der Waals surface area contributed by atoms with Gasteiger partial charge in [-0.1, -0.05) is 15.9 Å². The third-order valence-corrected chi connectivity index (χ3v) is 2.46. The molecular formula is C6H8F5NO2S. The molecule has 0 bridgehead atoms. The first-order chi connectivity index (χ1) is 6.70. The number of alkyl halides is 3. The van der Waals surface area contributed by atoms with E-state index in [0.29, 0.717) is 11.8 Å². The number of thioether (sulfide) groups is 1. The molecule has 0 rings (SSSR count). The SMILES string of the molecule is CCSCC(F)(F)C(F)(C(=O)O)N(F)F. The molecule has 1 atom stereocenters. The van der Waals surface area contributed by atoms with Crippen LogP contribution in [-0.2, 0) is 4.79 Å². The van der Waals surface area contributed by atoms with Crippen LogP contribution >= 0.6 is 11.8 Å². The average Bonchev–Trinajstić information content (AvgIpc) is 2.12. The standard InChI is InChI=1S/C6H8F5NO2S/c1-2-15-3-5(7,8)6(9,4(13)14)12(10)11/h2-3H2,1H3,(H,13,14). The van der Waals surface area contributed by atoms with Gasteiger partial charge in [0, 0.05) is 0 Å². The molecule has 0 spiro atoms. The van der Waals surface area contributed by atoms with Gasteiger partial charge in [0.2, 0.25) is 0 Å². The van der Waals surface area contributed by atoms with Crippen LogP contribution in [0.1, 0.15) is 6.92 Å². The second kappa shape index (κ2) is 4.97. The first-order valence-corrected chi connectivity index (χ1v) is 4.85. The lowest BCUT2D eigenvalue weighted by Crippen LogP contribution is -2.58. The molecule has 1 N–H and O–H groups in total. The van der Waals surface area contributed by atoms with Crippen molar-refractivity contribution in [3.8, 4) is 0 Å². The molecule has 0 aliphatic carbocycles. The van der Waals surface area contributed by atoms with Crippen LogP contribution in [0.3, 0.4) is 0 Å². The predicted octanol–water partition coefficient (Wildman–Crippen LogP) is 2.20. The molecule has 90 valence electrons. The molecule has 0 fully saturated rings. The van der Waals surface area contributed by atoms with Crippen LogP contribution < -0.4 is 0 Å². The van der Waals surface area contributed by atoms with E-state index in [-0.39, 0.29) is 5.75 Å². The maximum atomic E-state index is 13.0. The lowest BCUT2D eigenvalue weighted by molar-refractivity contribution is -0.330. The third kappa shape index (κ3) is 2.71. The van der Waals surface area contributed by atoms with E-state index in [2.05, 4.69) is 0 Å². The van der Waals surface area contributed by atoms with E-state index < -0.39 is 28.8 Å². The van der Waals surface area contributed by atoms with Crippen LogP contribution in [0.4, 0.5) is 22.1 Å². The van der Waals surface area contributed by atoms with Crippen molar-refractivity contribution in [1.82, 2.24) is 5.34 Å². The maximum Gasteiger partial charge on any atom is 0.379 e. The molecule has 3 nitrogen and oxygen atoms in total. The fourth-order valence-corrected chi connectivity index (χ4v) is 1.33. The van der Waals surface area contributed by atoms with Crippen LogP contribution in [0.5, 0.6) is 0 Å². The van der Waals surface area contributed by atoms with Crippen LogP contribution in [0.25, 0.3) is 0 Å². The Morgan fingerprint density at radius 1 is 1.40 bits per heavy atom. The third-order valence-electron chi connectivity index (χ3n) is 1.49. The molecule has 0 radical (unpaired) electrons. The van der Waals surface area contributed by atoms with E-state index in [9.17, 15) is 26.9 Å². The average molecular weight is 253 g/mol. The summed E-state index contributed by atoms with van der Waals surface area (Å²) in [7, 11) is 0. The Morgan fingerprint density at radius 3 is 2.13 bits per heavy atom. The molecule has 0 saturated heterocycles. The van der Waals surface area contributed by atoms with Gasteiger partial charge in [0.15, 0.2) is 0 Å². The Kier molecular flexibility index (Phi) is 4.78. The maximum absolute atomic E-state index is 13.0. The van der Waals surface area contributed by atoms with Gasteiger partial charge in [0.1, 0.15) is 0 Å². The number of nitrogens with zero attached hydrogens (tertiary/aromatic N) is 1. The van der Waals surface area contributed by atoms with Crippen molar-refractivity contribution in [2.45, 2.75) is 18.6 Å². The summed E-state index contributed by atoms with van der Waals surface area (Å²) in [6.45, 7) is 1.45. The van der Waals surface area contributed by atoms with Crippen LogP contribution in [0, 0.1) is 0 Å². The fraction of sp³-hybridized carbons (Fsp3) is 0.833. The molecule has 0 aromatic rings. The minimum atomic E-state index is -4.99. The monoisotopic (exact) mass is 253 g/mol. The Hall–Kier alpha value is -0.570. The van der Waals surface area contributed by atoms with Crippen LogP contribution in [-0.4, -0.2) is 39.6 Å². The minimum absolute atomic E-state index is 0.129. The van der Waals surface area contributed by atoms with Crippen molar-refractivity contribution in [2.75, 3.05) is 11.5 Å². The molecule has 0 saturated carbocycles. The Morgan fingerprint density at radius 2 is 1.87 bits per heavy atom. The van der Waals surface area contributed by atoms with Gasteiger partial charge in [0.05, 0.1) is 11.1 Å². The first kappa shape index (κ1) is 14.4. The summed E-state index contributed by atoms with van der Waals surface area (Å²) in [5, 5.41) is 5.43. The highest BCUT2D eigenvalue weighted by Crippen LogP contribution is 2.39. The quantitative estimate of drug-likeness (QED) is 0.447. The highest BCUT2D eigenvalue weighted by Gasteiger charge is 2.67. The summed E-state index contributed by atoms with van der Waals surface area (Å²) in [6, 6.07) is 0. The van der Waals surface area contributed by atoms with Gasteiger partial charge in [-0.15, -0.1) is 0 Å². The van der Waals surface area contributed by atoms with Crippen molar-refractivity contribution in [3.05, 3.63) is 0 Å². The van der Waals surface area contributed by atoms with E-state index >= 15 is 0 Å². The lowest BCUT2D eigenvalue weighted by atomic mass is 10.1. The van der Waals surface area contributed by atoms with E-state index in [1.807, 2.05) is 0 Å². The number of rotatable bonds is 6. The fourth-order valence-electron chi connectivity index (χ4n) is 0.678. The normalized spacial score (nSPS) is 16.5. The molecule has 15 heavy (non-hydrogen) atoms.